The average Bonchev–Trinajstić information content (AvgIpc) is 3.30. The number of para-hydroxylation sites is 1. The summed E-state index contributed by atoms with van der Waals surface area (Å²) in [6.07, 6.45) is 2.03. The van der Waals surface area contributed by atoms with E-state index in [9.17, 15) is 12.8 Å². The van der Waals surface area contributed by atoms with Crippen LogP contribution in [0.2, 0.25) is 0 Å². The molecule has 2 aromatic heterocycles. The van der Waals surface area contributed by atoms with E-state index in [1.54, 1.807) is 48.1 Å². The highest BCUT2D eigenvalue weighted by Gasteiger charge is 2.26. The van der Waals surface area contributed by atoms with E-state index in [0.717, 1.165) is 12.4 Å². The van der Waals surface area contributed by atoms with Crippen molar-refractivity contribution in [2.45, 2.75) is 12.2 Å². The maximum Gasteiger partial charge on any atom is 0.168 e. The van der Waals surface area contributed by atoms with E-state index in [1.807, 2.05) is 6.07 Å². The Bertz CT molecular complexity index is 1440. The van der Waals surface area contributed by atoms with Crippen molar-refractivity contribution < 1.29 is 27.0 Å². The third-order valence-corrected chi connectivity index (χ3v) is 6.87. The van der Waals surface area contributed by atoms with Gasteiger partial charge in [-0.25, -0.2) is 22.8 Å². The van der Waals surface area contributed by atoms with Crippen molar-refractivity contribution in [3.05, 3.63) is 72.3 Å². The summed E-state index contributed by atoms with van der Waals surface area (Å²) in [5, 5.41) is 8.54. The summed E-state index contributed by atoms with van der Waals surface area (Å²) in [5.74, 6) is 0.973. The van der Waals surface area contributed by atoms with E-state index < -0.39 is 21.4 Å². The molecule has 188 valence electrons. The Morgan fingerprint density at radius 2 is 1.58 bits per heavy atom. The van der Waals surface area contributed by atoms with Crippen molar-refractivity contribution in [3.63, 3.8) is 0 Å². The molecule has 2 heterocycles. The average molecular weight is 514 g/mol. The third kappa shape index (κ3) is 5.43. The summed E-state index contributed by atoms with van der Waals surface area (Å²) < 4.78 is 57.3. The Kier molecular flexibility index (Phi) is 7.44. The summed E-state index contributed by atoms with van der Waals surface area (Å²) >= 11 is 0. The lowest BCUT2D eigenvalue weighted by Crippen LogP contribution is -2.16. The number of hydrogen-bond donors (Lipinski definition) is 0. The van der Waals surface area contributed by atoms with E-state index in [-0.39, 0.29) is 23.8 Å². The van der Waals surface area contributed by atoms with Gasteiger partial charge in [0, 0.05) is 12.0 Å². The third-order valence-electron chi connectivity index (χ3n) is 5.34. The number of ether oxygens (including phenoxy) is 3. The predicted octanol–water partition coefficient (Wildman–Crippen LogP) is 3.05. The smallest absolute Gasteiger partial charge is 0.168 e. The number of benzene rings is 2. The zero-order valence-corrected chi connectivity index (χ0v) is 20.7. The second-order valence-electron chi connectivity index (χ2n) is 7.68. The highest BCUT2D eigenvalue weighted by atomic mass is 32.2. The topological polar surface area (TPSA) is 118 Å². The quantitative estimate of drug-likeness (QED) is 0.315. The minimum atomic E-state index is -3.70. The van der Waals surface area contributed by atoms with Gasteiger partial charge in [0.05, 0.1) is 39.5 Å². The van der Waals surface area contributed by atoms with Gasteiger partial charge in [0.15, 0.2) is 27.3 Å². The Morgan fingerprint density at radius 3 is 2.22 bits per heavy atom. The molecule has 0 spiro atoms. The van der Waals surface area contributed by atoms with Crippen molar-refractivity contribution in [2.24, 2.45) is 0 Å². The molecular formula is C24H24FN5O5S. The first-order chi connectivity index (χ1) is 17.3. The van der Waals surface area contributed by atoms with Crippen LogP contribution in [0.3, 0.4) is 0 Å². The fourth-order valence-corrected chi connectivity index (χ4v) is 4.85. The highest BCUT2D eigenvalue weighted by molar-refractivity contribution is 7.90. The molecule has 0 aliphatic rings. The van der Waals surface area contributed by atoms with Gasteiger partial charge in [0.2, 0.25) is 0 Å². The number of sulfone groups is 1. The Labute approximate surface area is 207 Å². The van der Waals surface area contributed by atoms with Gasteiger partial charge < -0.3 is 14.2 Å². The van der Waals surface area contributed by atoms with Crippen LogP contribution in [0, 0.1) is 5.82 Å². The number of aryl methyl sites for hydroxylation is 1. The second kappa shape index (κ2) is 10.7. The second-order valence-corrected chi connectivity index (χ2v) is 9.86. The normalized spacial score (nSPS) is 11.3. The molecule has 0 amide bonds. The van der Waals surface area contributed by atoms with Crippen LogP contribution in [0.5, 0.6) is 17.2 Å². The molecule has 0 saturated heterocycles. The molecule has 0 fully saturated rings. The van der Waals surface area contributed by atoms with Crippen LogP contribution in [0.25, 0.3) is 17.1 Å². The molecule has 36 heavy (non-hydrogen) atoms. The molecule has 12 heteroatoms. The lowest BCUT2D eigenvalue weighted by molar-refractivity contribution is 0.391. The predicted molar refractivity (Wildman–Crippen MR) is 130 cm³/mol. The number of nitrogens with zero attached hydrogens (tertiary/aromatic N) is 5. The van der Waals surface area contributed by atoms with Crippen molar-refractivity contribution >= 4 is 9.84 Å². The number of halogens is 1. The van der Waals surface area contributed by atoms with E-state index in [4.69, 9.17) is 14.2 Å². The monoisotopic (exact) mass is 513 g/mol. The van der Waals surface area contributed by atoms with Crippen LogP contribution in [0.15, 0.2) is 54.9 Å². The first-order valence-corrected chi connectivity index (χ1v) is 12.6. The molecule has 0 aliphatic heterocycles. The molecule has 4 rings (SSSR count). The molecule has 0 N–H and O–H groups in total. The summed E-state index contributed by atoms with van der Waals surface area (Å²) in [7, 11) is 0.868. The maximum absolute atomic E-state index is 13.1. The molecule has 0 aliphatic carbocycles. The van der Waals surface area contributed by atoms with Gasteiger partial charge in [-0.2, -0.15) is 0 Å². The summed E-state index contributed by atoms with van der Waals surface area (Å²) in [6, 6.07) is 12.4. The molecule has 0 bridgehead atoms. The molecule has 2 aromatic carbocycles. The van der Waals surface area contributed by atoms with E-state index in [0.29, 0.717) is 34.3 Å². The van der Waals surface area contributed by atoms with Gasteiger partial charge in [-0.3, -0.25) is 4.57 Å². The maximum atomic E-state index is 13.1. The first kappa shape index (κ1) is 25.0. The van der Waals surface area contributed by atoms with Gasteiger partial charge in [0.25, 0.3) is 0 Å². The first-order valence-electron chi connectivity index (χ1n) is 10.8. The van der Waals surface area contributed by atoms with Gasteiger partial charge in [-0.15, -0.1) is 10.2 Å². The number of methoxy groups -OCH3 is 3. The summed E-state index contributed by atoms with van der Waals surface area (Å²) in [5.41, 5.74) is 1.11. The van der Waals surface area contributed by atoms with Crippen LogP contribution in [0.4, 0.5) is 4.39 Å². The van der Waals surface area contributed by atoms with Crippen LogP contribution in [-0.4, -0.2) is 60.2 Å². The van der Waals surface area contributed by atoms with E-state index in [2.05, 4.69) is 20.2 Å². The van der Waals surface area contributed by atoms with Crippen molar-refractivity contribution in [1.29, 1.82) is 0 Å². The SMILES string of the molecule is COc1cccc(-c2nnc(CS(=O)(=O)CCc3ncc(F)cn3)n2-c2c(OC)cccc2OC)c1. The zero-order chi connectivity index (χ0) is 25.7. The molecule has 0 saturated carbocycles. The lowest BCUT2D eigenvalue weighted by atomic mass is 10.2. The van der Waals surface area contributed by atoms with Crippen LogP contribution in [0.1, 0.15) is 11.6 Å². The van der Waals surface area contributed by atoms with Gasteiger partial charge >= 0.3 is 0 Å². The minimum absolute atomic E-state index is 0.0253. The number of aromatic nitrogens is 5. The fraction of sp³-hybridized carbons (Fsp3) is 0.250. The summed E-state index contributed by atoms with van der Waals surface area (Å²) in [6.45, 7) is 0. The lowest BCUT2D eigenvalue weighted by Gasteiger charge is -2.17. The van der Waals surface area contributed by atoms with Crippen LogP contribution >= 0.6 is 0 Å². The zero-order valence-electron chi connectivity index (χ0n) is 19.9. The van der Waals surface area contributed by atoms with E-state index >= 15 is 0 Å². The molecule has 0 unspecified atom stereocenters. The highest BCUT2D eigenvalue weighted by Crippen LogP contribution is 2.37. The van der Waals surface area contributed by atoms with Crippen molar-refractivity contribution in [3.8, 4) is 34.3 Å². The number of rotatable bonds is 10. The van der Waals surface area contributed by atoms with Gasteiger partial charge in [-0.1, -0.05) is 18.2 Å². The minimum Gasteiger partial charge on any atom is -0.497 e. The molecule has 4 aromatic rings. The Balaban J connectivity index is 1.78. The summed E-state index contributed by atoms with van der Waals surface area (Å²) in [4.78, 5) is 7.66. The van der Waals surface area contributed by atoms with Crippen molar-refractivity contribution in [1.82, 2.24) is 24.7 Å². The molecule has 10 nitrogen and oxygen atoms in total. The molecular weight excluding hydrogens is 489 g/mol. The van der Waals surface area contributed by atoms with Gasteiger partial charge in [-0.05, 0) is 24.3 Å². The van der Waals surface area contributed by atoms with Crippen molar-refractivity contribution in [2.75, 3.05) is 27.1 Å². The standard InChI is InChI=1S/C24H24FN5O5S/c1-33-18-7-4-6-16(12-18)24-29-28-22(30(24)23-19(34-2)8-5-9-20(23)35-3)15-36(31,32)11-10-21-26-13-17(25)14-27-21/h4-9,12-14H,10-11,15H2,1-3H3. The van der Waals surface area contributed by atoms with E-state index in [1.165, 1.54) is 14.2 Å². The van der Waals surface area contributed by atoms with Gasteiger partial charge in [0.1, 0.15) is 34.5 Å². The fourth-order valence-electron chi connectivity index (χ4n) is 3.63. The Morgan fingerprint density at radius 1 is 0.917 bits per heavy atom. The van der Waals surface area contributed by atoms with Crippen LogP contribution < -0.4 is 14.2 Å². The Hall–Kier alpha value is -4.06. The largest absolute Gasteiger partial charge is 0.497 e. The van der Waals surface area contributed by atoms with Crippen LogP contribution in [-0.2, 0) is 22.0 Å². The number of hydrogen-bond acceptors (Lipinski definition) is 9. The molecule has 0 radical (unpaired) electrons. The molecule has 0 atom stereocenters.